The molecule has 0 atom stereocenters. The zero-order chi connectivity index (χ0) is 15.3. The molecule has 0 saturated heterocycles. The summed E-state index contributed by atoms with van der Waals surface area (Å²) in [6.45, 7) is 3.80. The van der Waals surface area contributed by atoms with Crippen molar-refractivity contribution in [1.82, 2.24) is 5.32 Å². The smallest absolute Gasteiger partial charge is 0.261 e. The van der Waals surface area contributed by atoms with E-state index in [-0.39, 0.29) is 10.8 Å². The van der Waals surface area contributed by atoms with Crippen LogP contribution >= 0.6 is 10.7 Å². The SMILES string of the molecule is CNC(=O)CCCOc1cc(C)c(S(=O)(=O)Cl)cc1C. The number of hydrogen-bond donors (Lipinski definition) is 1. The lowest BCUT2D eigenvalue weighted by atomic mass is 10.1. The molecule has 0 heterocycles. The fourth-order valence-electron chi connectivity index (χ4n) is 1.72. The maximum atomic E-state index is 11.4. The molecular formula is C13H18ClNO4S. The minimum absolute atomic E-state index is 0.0370. The van der Waals surface area contributed by atoms with Crippen molar-refractivity contribution in [2.75, 3.05) is 13.7 Å². The Bertz CT molecular complexity index is 599. The molecule has 0 aliphatic rings. The molecule has 1 amide bonds. The third-order valence-electron chi connectivity index (χ3n) is 2.82. The highest BCUT2D eigenvalue weighted by Crippen LogP contribution is 2.27. The number of halogens is 1. The van der Waals surface area contributed by atoms with Crippen LogP contribution in [0.5, 0.6) is 5.75 Å². The van der Waals surface area contributed by atoms with Gasteiger partial charge in [0.15, 0.2) is 0 Å². The van der Waals surface area contributed by atoms with Gasteiger partial charge in [-0.2, -0.15) is 0 Å². The molecule has 112 valence electrons. The quantitative estimate of drug-likeness (QED) is 0.644. The molecule has 0 spiro atoms. The Balaban J connectivity index is 2.74. The molecule has 7 heteroatoms. The number of carbonyl (C=O) groups excluding carboxylic acids is 1. The lowest BCUT2D eigenvalue weighted by molar-refractivity contribution is -0.120. The first-order chi connectivity index (χ1) is 9.25. The Hall–Kier alpha value is -1.27. The van der Waals surface area contributed by atoms with Gasteiger partial charge in [0, 0.05) is 24.2 Å². The van der Waals surface area contributed by atoms with E-state index in [9.17, 15) is 13.2 Å². The van der Waals surface area contributed by atoms with E-state index >= 15 is 0 Å². The van der Waals surface area contributed by atoms with E-state index < -0.39 is 9.05 Å². The minimum atomic E-state index is -3.75. The van der Waals surface area contributed by atoms with Gasteiger partial charge in [0.25, 0.3) is 9.05 Å². The zero-order valence-corrected chi connectivity index (χ0v) is 13.3. The Kier molecular flexibility index (Phi) is 5.83. The number of nitrogens with one attached hydrogen (secondary N) is 1. The first kappa shape index (κ1) is 16.8. The van der Waals surface area contributed by atoms with Gasteiger partial charge >= 0.3 is 0 Å². The second kappa shape index (κ2) is 6.95. The van der Waals surface area contributed by atoms with Gasteiger partial charge < -0.3 is 10.1 Å². The maximum absolute atomic E-state index is 11.4. The second-order valence-corrected chi connectivity index (χ2v) is 6.98. The number of ether oxygens (including phenoxy) is 1. The van der Waals surface area contributed by atoms with E-state index in [1.54, 1.807) is 27.0 Å². The number of aryl methyl sites for hydroxylation is 2. The van der Waals surface area contributed by atoms with Crippen LogP contribution in [0.1, 0.15) is 24.0 Å². The Morgan fingerprint density at radius 2 is 1.95 bits per heavy atom. The van der Waals surface area contributed by atoms with Crippen LogP contribution < -0.4 is 10.1 Å². The molecule has 1 aromatic carbocycles. The summed E-state index contributed by atoms with van der Waals surface area (Å²) in [5.41, 5.74) is 1.22. The van der Waals surface area contributed by atoms with Gasteiger partial charge in [0.2, 0.25) is 5.91 Å². The molecule has 0 bridgehead atoms. The second-order valence-electron chi connectivity index (χ2n) is 4.45. The van der Waals surface area contributed by atoms with Gasteiger partial charge in [-0.25, -0.2) is 8.42 Å². The molecule has 0 saturated carbocycles. The fraction of sp³-hybridized carbons (Fsp3) is 0.462. The third kappa shape index (κ3) is 4.68. The molecule has 0 aliphatic heterocycles. The predicted molar refractivity (Wildman–Crippen MR) is 77.8 cm³/mol. The summed E-state index contributed by atoms with van der Waals surface area (Å²) < 4.78 is 28.3. The summed E-state index contributed by atoms with van der Waals surface area (Å²) in [5, 5.41) is 2.53. The average Bonchev–Trinajstić information content (AvgIpc) is 2.36. The summed E-state index contributed by atoms with van der Waals surface area (Å²) in [4.78, 5) is 11.1. The third-order valence-corrected chi connectivity index (χ3v) is 4.28. The average molecular weight is 320 g/mol. The van der Waals surface area contributed by atoms with Crippen molar-refractivity contribution in [1.29, 1.82) is 0 Å². The molecule has 20 heavy (non-hydrogen) atoms. The largest absolute Gasteiger partial charge is 0.493 e. The highest BCUT2D eigenvalue weighted by atomic mass is 35.7. The van der Waals surface area contributed by atoms with E-state index in [0.717, 1.165) is 0 Å². The van der Waals surface area contributed by atoms with Gasteiger partial charge in [0.05, 0.1) is 11.5 Å². The van der Waals surface area contributed by atoms with Crippen molar-refractivity contribution >= 4 is 25.6 Å². The molecule has 1 rings (SSSR count). The summed E-state index contributed by atoms with van der Waals surface area (Å²) in [7, 11) is 3.19. The highest BCUT2D eigenvalue weighted by Gasteiger charge is 2.16. The van der Waals surface area contributed by atoms with Gasteiger partial charge in [0.1, 0.15) is 5.75 Å². The van der Waals surface area contributed by atoms with Crippen LogP contribution in [-0.2, 0) is 13.8 Å². The zero-order valence-electron chi connectivity index (χ0n) is 11.7. The van der Waals surface area contributed by atoms with Crippen molar-refractivity contribution in [2.24, 2.45) is 0 Å². The van der Waals surface area contributed by atoms with Gasteiger partial charge in [-0.05, 0) is 43.5 Å². The van der Waals surface area contributed by atoms with Crippen LogP contribution in [0, 0.1) is 13.8 Å². The maximum Gasteiger partial charge on any atom is 0.261 e. The number of carbonyl (C=O) groups is 1. The van der Waals surface area contributed by atoms with Crippen molar-refractivity contribution < 1.29 is 17.9 Å². The van der Waals surface area contributed by atoms with Gasteiger partial charge in [-0.1, -0.05) is 0 Å². The molecule has 0 fully saturated rings. The van der Waals surface area contributed by atoms with Crippen LogP contribution in [-0.4, -0.2) is 28.0 Å². The van der Waals surface area contributed by atoms with E-state index in [2.05, 4.69) is 5.32 Å². The number of benzene rings is 1. The van der Waals surface area contributed by atoms with Crippen LogP contribution in [0.15, 0.2) is 17.0 Å². The van der Waals surface area contributed by atoms with E-state index in [4.69, 9.17) is 15.4 Å². The highest BCUT2D eigenvalue weighted by molar-refractivity contribution is 8.13. The summed E-state index contributed by atoms with van der Waals surface area (Å²) in [5.74, 6) is 0.563. The van der Waals surface area contributed by atoms with E-state index in [0.29, 0.717) is 36.3 Å². The molecule has 1 N–H and O–H groups in total. The van der Waals surface area contributed by atoms with Gasteiger partial charge in [-0.15, -0.1) is 0 Å². The molecular weight excluding hydrogens is 302 g/mol. The molecule has 1 aromatic rings. The Morgan fingerprint density at radius 3 is 2.50 bits per heavy atom. The first-order valence-corrected chi connectivity index (χ1v) is 8.46. The molecule has 0 radical (unpaired) electrons. The number of amides is 1. The number of hydrogen-bond acceptors (Lipinski definition) is 4. The molecule has 0 aliphatic carbocycles. The minimum Gasteiger partial charge on any atom is -0.493 e. The van der Waals surface area contributed by atoms with Crippen LogP contribution in [0.25, 0.3) is 0 Å². The molecule has 5 nitrogen and oxygen atoms in total. The van der Waals surface area contributed by atoms with Crippen LogP contribution in [0.4, 0.5) is 0 Å². The standard InChI is InChI=1S/C13H18ClNO4S/c1-9-8-12(20(14,17)18)10(2)7-11(9)19-6-4-5-13(16)15-3/h7-8H,4-6H2,1-3H3,(H,15,16). The predicted octanol–water partition coefficient (Wildman–Crippen LogP) is 2.14. The van der Waals surface area contributed by atoms with Crippen molar-refractivity contribution in [3.63, 3.8) is 0 Å². The van der Waals surface area contributed by atoms with E-state index in [1.165, 1.54) is 6.07 Å². The summed E-state index contributed by atoms with van der Waals surface area (Å²) in [6, 6.07) is 3.14. The van der Waals surface area contributed by atoms with Gasteiger partial charge in [-0.3, -0.25) is 4.79 Å². The molecule has 0 aromatic heterocycles. The number of rotatable bonds is 6. The first-order valence-electron chi connectivity index (χ1n) is 6.15. The Labute approximate surface area is 123 Å². The Morgan fingerprint density at radius 1 is 1.30 bits per heavy atom. The fourth-order valence-corrected chi connectivity index (χ4v) is 2.98. The van der Waals surface area contributed by atoms with Crippen molar-refractivity contribution in [2.45, 2.75) is 31.6 Å². The van der Waals surface area contributed by atoms with E-state index in [1.807, 2.05) is 0 Å². The lowest BCUT2D eigenvalue weighted by Gasteiger charge is -2.12. The van der Waals surface area contributed by atoms with Crippen LogP contribution in [0.3, 0.4) is 0 Å². The lowest BCUT2D eigenvalue weighted by Crippen LogP contribution is -2.18. The summed E-state index contributed by atoms with van der Waals surface area (Å²) in [6.07, 6.45) is 0.983. The molecule has 0 unspecified atom stereocenters. The van der Waals surface area contributed by atoms with Crippen LogP contribution in [0.2, 0.25) is 0 Å². The normalized spacial score (nSPS) is 11.2. The van der Waals surface area contributed by atoms with Crippen molar-refractivity contribution in [3.8, 4) is 5.75 Å². The summed E-state index contributed by atoms with van der Waals surface area (Å²) >= 11 is 0. The monoisotopic (exact) mass is 319 g/mol. The topological polar surface area (TPSA) is 72.5 Å². The van der Waals surface area contributed by atoms with Crippen molar-refractivity contribution in [3.05, 3.63) is 23.3 Å².